The standard InChI is InChI=1S/C9H22I2N4/c1-14(6-3-12-4-7-14)11-15(2)8-5-13-9-10-15/h12-13H,3-9H2,1-2H3/t15-/m1/s1. The molecule has 6 heteroatoms. The number of hydrogen-bond acceptors (Lipinski definition) is 2. The molecule has 0 bridgehead atoms. The Morgan fingerprint density at radius 1 is 1.00 bits per heavy atom. The summed E-state index contributed by atoms with van der Waals surface area (Å²) in [4.78, 5) is 0. The molecule has 4 nitrogen and oxygen atoms in total. The van der Waals surface area contributed by atoms with E-state index in [0.717, 1.165) is 0 Å². The number of hydrogen-bond donors (Lipinski definition) is 2. The number of halogens is 2. The Labute approximate surface area is 115 Å². The van der Waals surface area contributed by atoms with E-state index >= 15 is 0 Å². The van der Waals surface area contributed by atoms with Gasteiger partial charge in [0.15, 0.2) is 0 Å². The summed E-state index contributed by atoms with van der Waals surface area (Å²) in [6.07, 6.45) is 0. The van der Waals surface area contributed by atoms with Crippen LogP contribution in [0.3, 0.4) is 0 Å². The van der Waals surface area contributed by atoms with Crippen LogP contribution >= 0.6 is 0 Å². The first-order valence-corrected chi connectivity index (χ1v) is 9.95. The van der Waals surface area contributed by atoms with Crippen molar-refractivity contribution in [1.29, 1.82) is 0 Å². The van der Waals surface area contributed by atoms with E-state index < -0.39 is 0 Å². The van der Waals surface area contributed by atoms with Gasteiger partial charge in [-0.05, 0) is 0 Å². The predicted octanol–water partition coefficient (Wildman–Crippen LogP) is -7.03. The third kappa shape index (κ3) is 3.63. The number of alkyl halides is 1. The molecule has 2 aliphatic heterocycles. The summed E-state index contributed by atoms with van der Waals surface area (Å²) >= 11 is 0.604. The Bertz CT molecular complexity index is 190. The Hall–Kier alpha value is 1.30. The van der Waals surface area contributed by atoms with E-state index in [0.29, 0.717) is 21.5 Å². The van der Waals surface area contributed by atoms with Gasteiger partial charge in [-0.15, -0.1) is 0 Å². The van der Waals surface area contributed by atoms with Gasteiger partial charge in [0.2, 0.25) is 0 Å². The van der Waals surface area contributed by atoms with Crippen LogP contribution in [0.1, 0.15) is 0 Å². The van der Waals surface area contributed by atoms with Crippen molar-refractivity contribution in [1.82, 2.24) is 10.6 Å². The van der Waals surface area contributed by atoms with Gasteiger partial charge >= 0.3 is 115 Å². The quantitative estimate of drug-likeness (QED) is 0.193. The molecule has 2 N–H and O–H groups in total. The molecule has 0 aromatic carbocycles. The van der Waals surface area contributed by atoms with Crippen LogP contribution in [-0.4, -0.2) is 61.5 Å². The summed E-state index contributed by atoms with van der Waals surface area (Å²) in [5, 5.41) is 7.00. The fraction of sp³-hybridized carbons (Fsp3) is 1.00. The average molecular weight is 440 g/mol. The Balaban J connectivity index is 1.93. The van der Waals surface area contributed by atoms with E-state index in [1.165, 1.54) is 47.4 Å². The molecule has 0 aromatic rings. The normalized spacial score (nSPS) is 37.2. The Morgan fingerprint density at radius 2 is 1.67 bits per heavy atom. The molecule has 1 atom stereocenters. The van der Waals surface area contributed by atoms with Gasteiger partial charge in [-0.2, -0.15) is 0 Å². The van der Waals surface area contributed by atoms with E-state index in [4.69, 9.17) is 0 Å². The summed E-state index contributed by atoms with van der Waals surface area (Å²) in [6.45, 7) is 7.81. The molecule has 2 heterocycles. The first-order valence-electron chi connectivity index (χ1n) is 5.53. The zero-order chi connectivity index (χ0) is 10.8. The van der Waals surface area contributed by atoms with Gasteiger partial charge in [0.05, 0.1) is 0 Å². The molecule has 0 aromatic heterocycles. The second-order valence-corrected chi connectivity index (χ2v) is 14.8. The van der Waals surface area contributed by atoms with Crippen LogP contribution in [0.15, 0.2) is 0 Å². The molecule has 2 aliphatic rings. The van der Waals surface area contributed by atoms with Crippen LogP contribution in [-0.2, 0) is 0 Å². The van der Waals surface area contributed by atoms with Crippen molar-refractivity contribution < 1.29 is 46.8 Å². The van der Waals surface area contributed by atoms with E-state index in [-0.39, 0.29) is 21.8 Å². The van der Waals surface area contributed by atoms with Crippen molar-refractivity contribution in [3.05, 3.63) is 0 Å². The average Bonchev–Trinajstić information content (AvgIpc) is 2.18. The first kappa shape index (κ1) is 12.7. The van der Waals surface area contributed by atoms with E-state index in [1.807, 2.05) is 0 Å². The number of nitrogens with zero attached hydrogens (tertiary/aromatic N) is 2. The van der Waals surface area contributed by atoms with Crippen molar-refractivity contribution in [2.45, 2.75) is 0 Å². The van der Waals surface area contributed by atoms with Crippen molar-refractivity contribution in [2.75, 3.05) is 57.9 Å². The first-order chi connectivity index (χ1) is 7.12. The third-order valence-corrected chi connectivity index (χ3v) is 11.9. The van der Waals surface area contributed by atoms with Crippen molar-refractivity contribution in [3.63, 3.8) is 0 Å². The van der Waals surface area contributed by atoms with Crippen LogP contribution < -0.4 is 53.9 Å². The molecule has 0 radical (unpaired) electrons. The molecule has 2 saturated heterocycles. The van der Waals surface area contributed by atoms with Gasteiger partial charge in [-0.25, -0.2) is 0 Å². The topological polar surface area (TPSA) is 24.1 Å². The third-order valence-electron chi connectivity index (χ3n) is 2.93. The second kappa shape index (κ2) is 5.30. The molecule has 2 fully saturated rings. The SMILES string of the molecule is C[N+]1([I-][N@+]2(C)CCNC[I-]2)CCNCC1. The maximum atomic E-state index is 3.52. The molecular weight excluding hydrogens is 418 g/mol. The minimum absolute atomic E-state index is 0.259. The molecule has 2 rings (SSSR count). The number of rotatable bonds is 2. The fourth-order valence-electron chi connectivity index (χ4n) is 1.94. The van der Waals surface area contributed by atoms with E-state index in [9.17, 15) is 0 Å². The van der Waals surface area contributed by atoms with E-state index in [2.05, 4.69) is 24.7 Å². The zero-order valence-corrected chi connectivity index (χ0v) is 13.9. The molecule has 0 amide bonds. The number of piperazine rings is 1. The number of nitrogens with one attached hydrogen (secondary N) is 2. The van der Waals surface area contributed by atoms with Gasteiger partial charge in [0.25, 0.3) is 0 Å². The summed E-state index contributed by atoms with van der Waals surface area (Å²) in [5.74, 6) is 0. The monoisotopic (exact) mass is 440 g/mol. The summed E-state index contributed by atoms with van der Waals surface area (Å²) < 4.78 is 4.19. The van der Waals surface area contributed by atoms with Gasteiger partial charge < -0.3 is 0 Å². The van der Waals surface area contributed by atoms with Crippen molar-refractivity contribution in [3.8, 4) is 0 Å². The van der Waals surface area contributed by atoms with Crippen molar-refractivity contribution >= 4 is 0 Å². The molecule has 0 unspecified atom stereocenters. The van der Waals surface area contributed by atoms with Gasteiger partial charge in [0.1, 0.15) is 0 Å². The fourth-order valence-corrected chi connectivity index (χ4v) is 11.8. The summed E-state index contributed by atoms with van der Waals surface area (Å²) in [7, 11) is 5.01. The van der Waals surface area contributed by atoms with Crippen LogP contribution in [0.5, 0.6) is 0 Å². The van der Waals surface area contributed by atoms with Crippen LogP contribution in [0.4, 0.5) is 0 Å². The predicted molar refractivity (Wildman–Crippen MR) is 52.7 cm³/mol. The maximum absolute atomic E-state index is 3.52. The molecular formula is C9H22I2N4. The summed E-state index contributed by atoms with van der Waals surface area (Å²) in [5.41, 5.74) is 0. The minimum atomic E-state index is 0.259. The van der Waals surface area contributed by atoms with Crippen LogP contribution in [0.2, 0.25) is 0 Å². The van der Waals surface area contributed by atoms with E-state index in [1.54, 1.807) is 0 Å². The molecule has 92 valence electrons. The second-order valence-electron chi connectivity index (χ2n) is 4.47. The number of likely N-dealkylation sites (N-methyl/N-ethyl adjacent to an activating group) is 2. The van der Waals surface area contributed by atoms with Crippen molar-refractivity contribution in [2.24, 2.45) is 0 Å². The zero-order valence-electron chi connectivity index (χ0n) is 9.60. The van der Waals surface area contributed by atoms with Crippen LogP contribution in [0, 0.1) is 0 Å². The summed E-state index contributed by atoms with van der Waals surface area (Å²) in [6, 6.07) is 0. The molecule has 0 spiro atoms. The van der Waals surface area contributed by atoms with Crippen LogP contribution in [0.25, 0.3) is 0 Å². The van der Waals surface area contributed by atoms with Gasteiger partial charge in [-0.3, -0.25) is 0 Å². The Kier molecular flexibility index (Phi) is 4.50. The molecule has 0 aliphatic carbocycles. The molecule has 0 saturated carbocycles. The van der Waals surface area contributed by atoms with Gasteiger partial charge in [0, 0.05) is 0 Å². The van der Waals surface area contributed by atoms with Gasteiger partial charge in [-0.1, -0.05) is 0 Å². The Morgan fingerprint density at radius 3 is 2.27 bits per heavy atom. The number of quaternary nitrogens is 2. The molecule has 15 heavy (non-hydrogen) atoms.